The fourth-order valence-electron chi connectivity index (χ4n) is 3.22. The van der Waals surface area contributed by atoms with Crippen molar-refractivity contribution in [2.24, 2.45) is 0 Å². The number of benzene rings is 2. The van der Waals surface area contributed by atoms with Crippen LogP contribution in [0.25, 0.3) is 0 Å². The van der Waals surface area contributed by atoms with E-state index in [1.54, 1.807) is 0 Å². The lowest BCUT2D eigenvalue weighted by atomic mass is 9.92. The van der Waals surface area contributed by atoms with E-state index in [0.29, 0.717) is 9.64 Å². The highest BCUT2D eigenvalue weighted by atomic mass is 127. The molecule has 186 valence electrons. The Bertz CT molecular complexity index is 1090. The van der Waals surface area contributed by atoms with Gasteiger partial charge in [-0.05, 0) is 52.9 Å². The van der Waals surface area contributed by atoms with Gasteiger partial charge in [0.25, 0.3) is 5.91 Å². The van der Waals surface area contributed by atoms with Crippen molar-refractivity contribution in [1.82, 2.24) is 10.2 Å². The maximum Gasteiger partial charge on any atom is 0.454 e. The van der Waals surface area contributed by atoms with Crippen LogP contribution in [0.3, 0.4) is 0 Å². The lowest BCUT2D eigenvalue weighted by Crippen LogP contribution is -2.67. The van der Waals surface area contributed by atoms with Crippen LogP contribution in [0, 0.1) is 21.0 Å². The number of nitrogens with zero attached hydrogens (tertiary/aromatic N) is 1. The minimum Gasteiger partial charge on any atom is -0.385 e. The second-order valence-corrected chi connectivity index (χ2v) is 8.97. The molecule has 0 saturated carbocycles. The lowest BCUT2D eigenvalue weighted by Gasteiger charge is -2.46. The molecule has 0 atom stereocenters. The topological polar surface area (TPSA) is 64.6 Å². The normalized spacial score (nSPS) is 15.8. The maximum atomic E-state index is 14.5. The maximum absolute atomic E-state index is 14.5. The number of nitrogens with one attached hydrogen (secondary N) is 2. The molecule has 5 nitrogen and oxygen atoms in total. The molecule has 2 aromatic rings. The standard InChI is InChI=1S/C20H16F8IN3O2/c21-12-3-2-11(16(15(12)23)31-14-4-1-10(29)5-13(14)22)17(33)32-8-18(34,9-32)6-30-7-19(24,25)20(26,27)28/h1-5,30-31,34H,6-9H2. The van der Waals surface area contributed by atoms with Gasteiger partial charge in [0.1, 0.15) is 11.4 Å². The van der Waals surface area contributed by atoms with Crippen LogP contribution in [-0.2, 0) is 0 Å². The van der Waals surface area contributed by atoms with E-state index in [0.717, 1.165) is 17.0 Å². The van der Waals surface area contributed by atoms with E-state index in [9.17, 15) is 45.0 Å². The Morgan fingerprint density at radius 1 is 1.06 bits per heavy atom. The van der Waals surface area contributed by atoms with Crippen LogP contribution in [0.5, 0.6) is 0 Å². The molecule has 14 heteroatoms. The highest BCUT2D eigenvalue weighted by Crippen LogP contribution is 2.35. The first kappa shape index (κ1) is 26.4. The van der Waals surface area contributed by atoms with E-state index in [-0.39, 0.29) is 5.69 Å². The number of carbonyl (C=O) groups is 1. The van der Waals surface area contributed by atoms with Crippen molar-refractivity contribution < 1.29 is 45.0 Å². The molecule has 2 aromatic carbocycles. The predicted octanol–water partition coefficient (Wildman–Crippen LogP) is 4.43. The van der Waals surface area contributed by atoms with Crippen molar-refractivity contribution in [3.63, 3.8) is 0 Å². The molecule has 1 saturated heterocycles. The molecule has 0 spiro atoms. The zero-order valence-corrected chi connectivity index (χ0v) is 19.1. The van der Waals surface area contributed by atoms with Gasteiger partial charge in [-0.3, -0.25) is 4.79 Å². The van der Waals surface area contributed by atoms with Crippen molar-refractivity contribution in [3.05, 3.63) is 56.9 Å². The molecule has 1 aliphatic rings. The van der Waals surface area contributed by atoms with Crippen molar-refractivity contribution >= 4 is 39.9 Å². The summed E-state index contributed by atoms with van der Waals surface area (Å²) in [6.07, 6.45) is -5.77. The van der Waals surface area contributed by atoms with Gasteiger partial charge in [0.15, 0.2) is 11.6 Å². The second-order valence-electron chi connectivity index (χ2n) is 7.72. The molecule has 0 radical (unpaired) electrons. The number of carbonyl (C=O) groups excluding carboxylic acids is 1. The molecular formula is C20H16F8IN3O2. The Kier molecular flexibility index (Phi) is 7.34. The molecule has 1 heterocycles. The molecule has 1 aliphatic heterocycles. The fraction of sp³-hybridized carbons (Fsp3) is 0.350. The monoisotopic (exact) mass is 609 g/mol. The molecule has 0 aliphatic carbocycles. The SMILES string of the molecule is O=C(c1ccc(F)c(F)c1Nc1ccc(I)cc1F)N1CC(O)(CNCC(F)(F)C(F)(F)F)C1. The van der Waals surface area contributed by atoms with Crippen molar-refractivity contribution in [3.8, 4) is 0 Å². The highest BCUT2D eigenvalue weighted by molar-refractivity contribution is 14.1. The van der Waals surface area contributed by atoms with Crippen LogP contribution in [0.15, 0.2) is 30.3 Å². The van der Waals surface area contributed by atoms with Gasteiger partial charge in [-0.15, -0.1) is 0 Å². The van der Waals surface area contributed by atoms with Crippen molar-refractivity contribution in [2.45, 2.75) is 17.7 Å². The summed E-state index contributed by atoms with van der Waals surface area (Å²) in [6.45, 7) is -3.41. The van der Waals surface area contributed by atoms with E-state index in [4.69, 9.17) is 0 Å². The number of halogens is 9. The van der Waals surface area contributed by atoms with Gasteiger partial charge < -0.3 is 20.6 Å². The molecule has 3 N–H and O–H groups in total. The number of hydrogen-bond acceptors (Lipinski definition) is 4. The van der Waals surface area contributed by atoms with Crippen molar-refractivity contribution in [2.75, 3.05) is 31.5 Å². The van der Waals surface area contributed by atoms with Gasteiger partial charge in [0.05, 0.1) is 36.6 Å². The molecule has 0 unspecified atom stereocenters. The van der Waals surface area contributed by atoms with Crippen LogP contribution in [0.2, 0.25) is 0 Å². The summed E-state index contributed by atoms with van der Waals surface area (Å²) in [7, 11) is 0. The molecule has 34 heavy (non-hydrogen) atoms. The Morgan fingerprint density at radius 3 is 2.29 bits per heavy atom. The first-order chi connectivity index (χ1) is 15.6. The Labute approximate surface area is 201 Å². The zero-order valence-electron chi connectivity index (χ0n) is 16.9. The van der Waals surface area contributed by atoms with E-state index in [2.05, 4.69) is 5.32 Å². The van der Waals surface area contributed by atoms with Crippen molar-refractivity contribution in [1.29, 1.82) is 0 Å². The summed E-state index contributed by atoms with van der Waals surface area (Å²) in [5.41, 5.74) is -3.13. The third kappa shape index (κ3) is 5.54. The number of rotatable bonds is 7. The number of aliphatic hydroxyl groups is 1. The van der Waals surface area contributed by atoms with Crippen LogP contribution in [-0.4, -0.2) is 59.8 Å². The summed E-state index contributed by atoms with van der Waals surface area (Å²) in [5, 5.41) is 14.4. The molecule has 0 bridgehead atoms. The minimum absolute atomic E-state index is 0.242. The van der Waals surface area contributed by atoms with Gasteiger partial charge >= 0.3 is 12.1 Å². The number of amides is 1. The summed E-state index contributed by atoms with van der Waals surface area (Å²) in [6, 6.07) is 5.46. The van der Waals surface area contributed by atoms with E-state index in [1.165, 1.54) is 12.1 Å². The zero-order chi connectivity index (χ0) is 25.5. The number of likely N-dealkylation sites (tertiary alicyclic amines) is 1. The molecule has 3 rings (SSSR count). The Balaban J connectivity index is 1.71. The van der Waals surface area contributed by atoms with Gasteiger partial charge in [-0.25, -0.2) is 13.2 Å². The van der Waals surface area contributed by atoms with Crippen LogP contribution >= 0.6 is 22.6 Å². The van der Waals surface area contributed by atoms with Crippen LogP contribution < -0.4 is 10.6 Å². The third-order valence-corrected chi connectivity index (χ3v) is 5.66. The average molecular weight is 609 g/mol. The van der Waals surface area contributed by atoms with E-state index in [1.807, 2.05) is 27.9 Å². The third-order valence-electron chi connectivity index (χ3n) is 4.99. The summed E-state index contributed by atoms with van der Waals surface area (Å²) in [5.74, 6) is -9.50. The van der Waals surface area contributed by atoms with Gasteiger partial charge in [0.2, 0.25) is 0 Å². The smallest absolute Gasteiger partial charge is 0.385 e. The average Bonchev–Trinajstić information content (AvgIpc) is 2.70. The molecule has 0 aromatic heterocycles. The molecule has 1 fully saturated rings. The van der Waals surface area contributed by atoms with Gasteiger partial charge in [0, 0.05) is 10.1 Å². The fourth-order valence-corrected chi connectivity index (χ4v) is 3.67. The summed E-state index contributed by atoms with van der Waals surface area (Å²) < 4.78 is 106. The molecule has 1 amide bonds. The Hall–Kier alpha value is -2.20. The number of β-amino-alcohol motifs (C(OH)–C–C–N with tert-alkyl or cyclic N) is 1. The number of anilines is 2. The molecular weight excluding hydrogens is 593 g/mol. The van der Waals surface area contributed by atoms with Crippen LogP contribution in [0.1, 0.15) is 10.4 Å². The Morgan fingerprint density at radius 2 is 1.71 bits per heavy atom. The van der Waals surface area contributed by atoms with Crippen LogP contribution in [0.4, 0.5) is 46.5 Å². The van der Waals surface area contributed by atoms with Gasteiger partial charge in [-0.1, -0.05) is 0 Å². The highest BCUT2D eigenvalue weighted by Gasteiger charge is 2.57. The largest absolute Gasteiger partial charge is 0.454 e. The number of hydrogen-bond donors (Lipinski definition) is 3. The predicted molar refractivity (Wildman–Crippen MR) is 113 cm³/mol. The first-order valence-electron chi connectivity index (χ1n) is 9.50. The number of alkyl halides is 5. The summed E-state index contributed by atoms with van der Waals surface area (Å²) >= 11 is 1.84. The quantitative estimate of drug-likeness (QED) is 0.322. The van der Waals surface area contributed by atoms with Gasteiger partial charge in [-0.2, -0.15) is 22.0 Å². The van der Waals surface area contributed by atoms with E-state index >= 15 is 0 Å². The second kappa shape index (κ2) is 9.45. The minimum atomic E-state index is -5.77. The van der Waals surface area contributed by atoms with E-state index < -0.39 is 78.5 Å². The summed E-state index contributed by atoms with van der Waals surface area (Å²) in [4.78, 5) is 13.7. The first-order valence-corrected chi connectivity index (χ1v) is 10.6. The lowest BCUT2D eigenvalue weighted by molar-refractivity contribution is -0.279.